The summed E-state index contributed by atoms with van der Waals surface area (Å²) in [6, 6.07) is 70.8. The van der Waals surface area contributed by atoms with Crippen LogP contribution in [0.15, 0.2) is 182 Å². The molecule has 0 amide bonds. The van der Waals surface area contributed by atoms with E-state index >= 15 is 0 Å². The standard InChI is InChI=1S/C65H62BN3/c1-5-7-21-45-33-37-49(38-34-45)67(50-39-35-46(36-40-50)22-8-6-2)51-43-53-52-27-19-29-55-61(52)69(64(4)42-18-17-41-63(55,64)3)66-57-31-20-30-56-62(57)68(59(44-51)60(53)66)58-32-16-15-28-54(58)65(56,47-23-11-9-12-24-47)48-25-13-10-14-26-48/h9-16,19-20,23-40,43-44H,5-8,17-18,21-22,41-42H2,1-4H3. The van der Waals surface area contributed by atoms with Crippen LogP contribution in [0.2, 0.25) is 0 Å². The van der Waals surface area contributed by atoms with Crippen molar-refractivity contribution in [1.29, 1.82) is 0 Å². The monoisotopic (exact) mass is 896 g/mol. The summed E-state index contributed by atoms with van der Waals surface area (Å²) in [6.45, 7) is 9.82. The third kappa shape index (κ3) is 5.93. The van der Waals surface area contributed by atoms with Crippen molar-refractivity contribution in [2.45, 2.75) is 108 Å². The average molecular weight is 896 g/mol. The highest BCUT2D eigenvalue weighted by Gasteiger charge is 2.63. The number of fused-ring (bicyclic) bond motifs is 9. The van der Waals surface area contributed by atoms with E-state index in [9.17, 15) is 0 Å². The van der Waals surface area contributed by atoms with Crippen LogP contribution in [-0.2, 0) is 23.7 Å². The lowest BCUT2D eigenvalue weighted by molar-refractivity contribution is 0.199. The van der Waals surface area contributed by atoms with Gasteiger partial charge < -0.3 is 14.6 Å². The number of unbranched alkanes of at least 4 members (excludes halogenated alkanes) is 2. The Bertz CT molecular complexity index is 3160. The van der Waals surface area contributed by atoms with Crippen LogP contribution < -0.4 is 25.5 Å². The largest absolute Gasteiger partial charge is 0.400 e. The summed E-state index contributed by atoms with van der Waals surface area (Å²) in [5.74, 6) is 0. The van der Waals surface area contributed by atoms with E-state index in [1.807, 2.05) is 0 Å². The van der Waals surface area contributed by atoms with E-state index in [4.69, 9.17) is 0 Å². The van der Waals surface area contributed by atoms with E-state index in [1.165, 1.54) is 152 Å². The van der Waals surface area contributed by atoms with Crippen LogP contribution in [0.25, 0.3) is 11.1 Å². The van der Waals surface area contributed by atoms with Crippen LogP contribution in [0, 0.1) is 0 Å². The molecule has 2 unspecified atom stereocenters. The van der Waals surface area contributed by atoms with Gasteiger partial charge in [0, 0.05) is 50.6 Å². The smallest absolute Gasteiger partial charge is 0.328 e. The van der Waals surface area contributed by atoms with Crippen molar-refractivity contribution in [3.8, 4) is 11.1 Å². The van der Waals surface area contributed by atoms with E-state index in [2.05, 4.69) is 224 Å². The van der Waals surface area contributed by atoms with Crippen LogP contribution in [0.3, 0.4) is 0 Å². The molecule has 1 aliphatic carbocycles. The summed E-state index contributed by atoms with van der Waals surface area (Å²) in [5.41, 5.74) is 23.3. The van der Waals surface area contributed by atoms with E-state index < -0.39 is 5.41 Å². The molecule has 0 spiro atoms. The van der Waals surface area contributed by atoms with Gasteiger partial charge in [-0.3, -0.25) is 0 Å². The average Bonchev–Trinajstić information content (AvgIpc) is 3.61. The molecular formula is C65H62BN3. The first-order valence-corrected chi connectivity index (χ1v) is 26.1. The van der Waals surface area contributed by atoms with Gasteiger partial charge in [-0.2, -0.15) is 0 Å². The van der Waals surface area contributed by atoms with Gasteiger partial charge in [-0.15, -0.1) is 0 Å². The molecule has 1 fully saturated rings. The minimum atomic E-state index is -0.560. The second-order valence-electron chi connectivity index (χ2n) is 21.2. The maximum Gasteiger partial charge on any atom is 0.328 e. The van der Waals surface area contributed by atoms with Gasteiger partial charge in [-0.1, -0.05) is 186 Å². The molecule has 0 saturated heterocycles. The van der Waals surface area contributed by atoms with Gasteiger partial charge in [-0.05, 0) is 143 Å². The van der Waals surface area contributed by atoms with E-state index in [0.717, 1.165) is 12.8 Å². The maximum atomic E-state index is 2.98. The van der Waals surface area contributed by atoms with Crippen LogP contribution in [0.5, 0.6) is 0 Å². The predicted octanol–water partition coefficient (Wildman–Crippen LogP) is 15.5. The lowest BCUT2D eigenvalue weighted by Crippen LogP contribution is -2.71. The number of hydrogen-bond acceptors (Lipinski definition) is 3. The Hall–Kier alpha value is -6.78. The number of benzene rings is 8. The lowest BCUT2D eigenvalue weighted by atomic mass is 9.41. The van der Waals surface area contributed by atoms with Gasteiger partial charge in [-0.25, -0.2) is 0 Å². The number of para-hydroxylation sites is 3. The molecule has 0 N–H and O–H groups in total. The molecule has 1 saturated carbocycles. The molecule has 0 bridgehead atoms. The highest BCUT2D eigenvalue weighted by molar-refractivity contribution is 6.93. The molecule has 8 aromatic carbocycles. The fourth-order valence-corrected chi connectivity index (χ4v) is 14.1. The topological polar surface area (TPSA) is 9.72 Å². The van der Waals surface area contributed by atoms with Crippen molar-refractivity contribution in [1.82, 2.24) is 0 Å². The number of rotatable bonds is 11. The first-order chi connectivity index (χ1) is 33.9. The molecule has 0 radical (unpaired) electrons. The fraction of sp³-hybridized carbons (Fsp3) is 0.262. The molecule has 8 aromatic rings. The molecule has 4 heterocycles. The third-order valence-corrected chi connectivity index (χ3v) is 17.6. The summed E-state index contributed by atoms with van der Waals surface area (Å²) in [5, 5.41) is 0. The molecule has 13 rings (SSSR count). The number of anilines is 7. The van der Waals surface area contributed by atoms with Crippen molar-refractivity contribution in [2.75, 3.05) is 14.6 Å². The van der Waals surface area contributed by atoms with Gasteiger partial charge in [0.05, 0.1) is 11.1 Å². The third-order valence-electron chi connectivity index (χ3n) is 17.6. The Balaban J connectivity index is 1.14. The van der Waals surface area contributed by atoms with Crippen LogP contribution in [0.4, 0.5) is 39.8 Å². The number of aryl methyl sites for hydroxylation is 2. The minimum absolute atomic E-state index is 0.0170. The number of nitrogens with zero attached hydrogens (tertiary/aromatic N) is 3. The summed E-state index contributed by atoms with van der Waals surface area (Å²) in [4.78, 5) is 8.23. The Kier molecular flexibility index (Phi) is 9.92. The van der Waals surface area contributed by atoms with Crippen molar-refractivity contribution in [3.05, 3.63) is 221 Å². The molecule has 5 aliphatic rings. The highest BCUT2D eigenvalue weighted by Crippen LogP contribution is 2.65. The zero-order valence-electron chi connectivity index (χ0n) is 40.8. The Morgan fingerprint density at radius 1 is 0.507 bits per heavy atom. The summed E-state index contributed by atoms with van der Waals surface area (Å²) < 4.78 is 0. The molecule has 2 atom stereocenters. The van der Waals surface area contributed by atoms with E-state index in [-0.39, 0.29) is 17.8 Å². The Labute approximate surface area is 410 Å². The summed E-state index contributed by atoms with van der Waals surface area (Å²) in [7, 11) is 0. The van der Waals surface area contributed by atoms with Crippen LogP contribution in [-0.4, -0.2) is 12.4 Å². The van der Waals surface area contributed by atoms with Gasteiger partial charge in [0.1, 0.15) is 0 Å². The number of hydrogen-bond donors (Lipinski definition) is 0. The van der Waals surface area contributed by atoms with Crippen molar-refractivity contribution < 1.29 is 0 Å². The molecular weight excluding hydrogens is 834 g/mol. The molecule has 3 nitrogen and oxygen atoms in total. The van der Waals surface area contributed by atoms with Crippen LogP contribution in [0.1, 0.15) is 118 Å². The van der Waals surface area contributed by atoms with E-state index in [1.54, 1.807) is 0 Å². The van der Waals surface area contributed by atoms with Gasteiger partial charge in [0.15, 0.2) is 0 Å². The molecule has 340 valence electrons. The normalized spacial score (nSPS) is 19.6. The molecule has 0 aromatic heterocycles. The van der Waals surface area contributed by atoms with Crippen molar-refractivity contribution >= 4 is 57.6 Å². The van der Waals surface area contributed by atoms with Gasteiger partial charge in [0.2, 0.25) is 0 Å². The minimum Gasteiger partial charge on any atom is -0.400 e. The van der Waals surface area contributed by atoms with Gasteiger partial charge >= 0.3 is 6.85 Å². The predicted molar refractivity (Wildman–Crippen MR) is 292 cm³/mol. The summed E-state index contributed by atoms with van der Waals surface area (Å²) in [6.07, 6.45) is 11.9. The molecule has 4 aliphatic heterocycles. The van der Waals surface area contributed by atoms with Crippen molar-refractivity contribution in [3.63, 3.8) is 0 Å². The first-order valence-electron chi connectivity index (χ1n) is 26.1. The fourth-order valence-electron chi connectivity index (χ4n) is 14.1. The maximum absolute atomic E-state index is 2.98. The van der Waals surface area contributed by atoms with Crippen molar-refractivity contribution in [2.24, 2.45) is 0 Å². The molecule has 4 heteroatoms. The first kappa shape index (κ1) is 42.3. The highest BCUT2D eigenvalue weighted by atomic mass is 15.2. The zero-order valence-corrected chi connectivity index (χ0v) is 40.8. The van der Waals surface area contributed by atoms with Crippen LogP contribution >= 0.6 is 0 Å². The van der Waals surface area contributed by atoms with Gasteiger partial charge in [0.25, 0.3) is 0 Å². The summed E-state index contributed by atoms with van der Waals surface area (Å²) >= 11 is 0. The van der Waals surface area contributed by atoms with E-state index in [0.29, 0.717) is 0 Å². The zero-order chi connectivity index (χ0) is 46.5. The second kappa shape index (κ2) is 16.2. The Morgan fingerprint density at radius 2 is 1.09 bits per heavy atom. The Morgan fingerprint density at radius 3 is 1.74 bits per heavy atom. The second-order valence-corrected chi connectivity index (χ2v) is 21.2. The molecule has 69 heavy (non-hydrogen) atoms. The lowest BCUT2D eigenvalue weighted by Gasteiger charge is -2.56. The SMILES string of the molecule is CCCCc1ccc(N(c2ccc(CCCC)cc2)c2cc3c4c(c2)N2c5ccccc5C(c5ccccc5)(c5ccccc5)c5cccc(c52)B4N2c4c-3cccc4C3(C)CCCCC23C)cc1. The quantitative estimate of drug-likeness (QED) is 0.120.